The van der Waals surface area contributed by atoms with Crippen LogP contribution in [0.15, 0.2) is 48.5 Å². The van der Waals surface area contributed by atoms with Gasteiger partial charge in [-0.1, -0.05) is 36.4 Å². The van der Waals surface area contributed by atoms with Crippen molar-refractivity contribution in [3.8, 4) is 16.9 Å². The number of aromatic carboxylic acids is 1. The zero-order chi connectivity index (χ0) is 16.4. The first-order valence-corrected chi connectivity index (χ1v) is 7.15. The lowest BCUT2D eigenvalue weighted by Gasteiger charge is -2.08. The highest BCUT2D eigenvalue weighted by Crippen LogP contribution is 2.27. The van der Waals surface area contributed by atoms with Crippen LogP contribution in [0.1, 0.15) is 23.0 Å². The molecule has 0 bridgehead atoms. The van der Waals surface area contributed by atoms with Crippen LogP contribution >= 0.6 is 0 Å². The van der Waals surface area contributed by atoms with Gasteiger partial charge in [-0.3, -0.25) is 0 Å². The highest BCUT2D eigenvalue weighted by Gasteiger charge is 2.23. The van der Waals surface area contributed by atoms with E-state index in [0.29, 0.717) is 5.69 Å². The molecule has 3 aromatic rings. The zero-order valence-electron chi connectivity index (χ0n) is 12.4. The molecule has 0 aliphatic carbocycles. The van der Waals surface area contributed by atoms with Crippen LogP contribution in [0.4, 0.5) is 4.39 Å². The smallest absolute Gasteiger partial charge is 0.358 e. The molecule has 0 saturated carbocycles. The fourth-order valence-corrected chi connectivity index (χ4v) is 2.37. The van der Waals surface area contributed by atoms with Gasteiger partial charge in [-0.05, 0) is 36.2 Å². The molecule has 0 atom stereocenters. The number of aryl methyl sites for hydroxylation is 1. The second-order valence-corrected chi connectivity index (χ2v) is 5.00. The molecular weight excluding hydrogens is 297 g/mol. The third-order valence-electron chi connectivity index (χ3n) is 3.59. The SMILES string of the molecule is CCc1ccc(-n2nnc(C(=O)O)c2-c2ccccc2F)cc1. The first kappa shape index (κ1) is 14.9. The summed E-state index contributed by atoms with van der Waals surface area (Å²) in [5.41, 5.74) is 1.75. The molecule has 0 aliphatic heterocycles. The summed E-state index contributed by atoms with van der Waals surface area (Å²) < 4.78 is 15.5. The van der Waals surface area contributed by atoms with E-state index in [9.17, 15) is 14.3 Å². The van der Waals surface area contributed by atoms with Crippen molar-refractivity contribution in [3.05, 3.63) is 65.6 Å². The molecule has 1 heterocycles. The summed E-state index contributed by atoms with van der Waals surface area (Å²) >= 11 is 0. The van der Waals surface area contributed by atoms with E-state index in [0.717, 1.165) is 12.0 Å². The van der Waals surface area contributed by atoms with Crippen molar-refractivity contribution < 1.29 is 14.3 Å². The highest BCUT2D eigenvalue weighted by molar-refractivity contribution is 5.93. The Kier molecular flexibility index (Phi) is 3.89. The summed E-state index contributed by atoms with van der Waals surface area (Å²) in [5.74, 6) is -1.77. The molecule has 6 heteroatoms. The molecule has 0 fully saturated rings. The predicted molar refractivity (Wildman–Crippen MR) is 83.1 cm³/mol. The van der Waals surface area contributed by atoms with Gasteiger partial charge < -0.3 is 5.11 Å². The van der Waals surface area contributed by atoms with Crippen LogP contribution in [0.5, 0.6) is 0 Å². The summed E-state index contributed by atoms with van der Waals surface area (Å²) in [6.45, 7) is 2.04. The second-order valence-electron chi connectivity index (χ2n) is 5.00. The van der Waals surface area contributed by atoms with Crippen LogP contribution < -0.4 is 0 Å². The van der Waals surface area contributed by atoms with E-state index >= 15 is 0 Å². The number of carboxylic acid groups (broad SMARTS) is 1. The predicted octanol–water partition coefficient (Wildman–Crippen LogP) is 3.33. The number of carboxylic acids is 1. The van der Waals surface area contributed by atoms with E-state index in [1.807, 2.05) is 31.2 Å². The second kappa shape index (κ2) is 6.00. The fourth-order valence-electron chi connectivity index (χ4n) is 2.37. The monoisotopic (exact) mass is 311 g/mol. The normalized spacial score (nSPS) is 10.7. The van der Waals surface area contributed by atoms with Crippen LogP contribution in [0.2, 0.25) is 0 Å². The molecule has 23 heavy (non-hydrogen) atoms. The van der Waals surface area contributed by atoms with Gasteiger partial charge in [-0.15, -0.1) is 5.10 Å². The zero-order valence-corrected chi connectivity index (χ0v) is 12.4. The number of halogens is 1. The molecule has 2 aromatic carbocycles. The Labute approximate surface area is 132 Å². The maximum atomic E-state index is 14.1. The summed E-state index contributed by atoms with van der Waals surface area (Å²) in [4.78, 5) is 11.4. The van der Waals surface area contributed by atoms with Crippen molar-refractivity contribution in [1.82, 2.24) is 15.0 Å². The number of rotatable bonds is 4. The summed E-state index contributed by atoms with van der Waals surface area (Å²) in [6, 6.07) is 13.4. The molecule has 0 unspecified atom stereocenters. The lowest BCUT2D eigenvalue weighted by molar-refractivity contribution is 0.0691. The number of aromatic nitrogens is 3. The Morgan fingerprint density at radius 1 is 1.17 bits per heavy atom. The molecule has 0 radical (unpaired) electrons. The van der Waals surface area contributed by atoms with Crippen LogP contribution in [0.25, 0.3) is 16.9 Å². The van der Waals surface area contributed by atoms with E-state index in [2.05, 4.69) is 10.3 Å². The maximum absolute atomic E-state index is 14.1. The Bertz CT molecular complexity index is 857. The summed E-state index contributed by atoms with van der Waals surface area (Å²) in [5, 5.41) is 16.9. The van der Waals surface area contributed by atoms with E-state index in [1.54, 1.807) is 12.1 Å². The number of carbonyl (C=O) groups is 1. The molecular formula is C17H14FN3O2. The minimum atomic E-state index is -1.25. The number of nitrogens with zero attached hydrogens (tertiary/aromatic N) is 3. The number of hydrogen-bond acceptors (Lipinski definition) is 3. The van der Waals surface area contributed by atoms with Crippen molar-refractivity contribution in [2.75, 3.05) is 0 Å². The molecule has 5 nitrogen and oxygen atoms in total. The Morgan fingerprint density at radius 3 is 2.48 bits per heavy atom. The van der Waals surface area contributed by atoms with Gasteiger partial charge in [0.1, 0.15) is 11.5 Å². The minimum absolute atomic E-state index is 0.125. The van der Waals surface area contributed by atoms with Gasteiger partial charge in [0.05, 0.1) is 5.69 Å². The Morgan fingerprint density at radius 2 is 1.87 bits per heavy atom. The topological polar surface area (TPSA) is 68.0 Å². The van der Waals surface area contributed by atoms with Crippen molar-refractivity contribution in [3.63, 3.8) is 0 Å². The maximum Gasteiger partial charge on any atom is 0.358 e. The first-order valence-electron chi connectivity index (χ1n) is 7.15. The van der Waals surface area contributed by atoms with Gasteiger partial charge in [0.15, 0.2) is 5.69 Å². The summed E-state index contributed by atoms with van der Waals surface area (Å²) in [6.07, 6.45) is 0.887. The lowest BCUT2D eigenvalue weighted by atomic mass is 10.1. The average Bonchev–Trinajstić information content (AvgIpc) is 3.00. The van der Waals surface area contributed by atoms with Gasteiger partial charge in [-0.2, -0.15) is 0 Å². The van der Waals surface area contributed by atoms with Gasteiger partial charge >= 0.3 is 5.97 Å². The lowest BCUT2D eigenvalue weighted by Crippen LogP contribution is -2.04. The fraction of sp³-hybridized carbons (Fsp3) is 0.118. The molecule has 3 rings (SSSR count). The molecule has 116 valence electrons. The first-order chi connectivity index (χ1) is 11.1. The molecule has 0 aliphatic rings. The van der Waals surface area contributed by atoms with Gasteiger partial charge in [-0.25, -0.2) is 13.9 Å². The quantitative estimate of drug-likeness (QED) is 0.802. The third kappa shape index (κ3) is 2.70. The Hall–Kier alpha value is -3.02. The van der Waals surface area contributed by atoms with Crippen LogP contribution in [-0.4, -0.2) is 26.1 Å². The van der Waals surface area contributed by atoms with Crippen LogP contribution in [-0.2, 0) is 6.42 Å². The Balaban J connectivity index is 2.22. The summed E-state index contributed by atoms with van der Waals surface area (Å²) in [7, 11) is 0. The van der Waals surface area contributed by atoms with Crippen molar-refractivity contribution in [1.29, 1.82) is 0 Å². The molecule has 0 amide bonds. The van der Waals surface area contributed by atoms with Gasteiger partial charge in [0, 0.05) is 5.56 Å². The van der Waals surface area contributed by atoms with E-state index in [4.69, 9.17) is 0 Å². The van der Waals surface area contributed by atoms with Crippen LogP contribution in [0, 0.1) is 5.82 Å². The van der Waals surface area contributed by atoms with E-state index in [-0.39, 0.29) is 17.0 Å². The number of benzene rings is 2. The molecule has 0 spiro atoms. The van der Waals surface area contributed by atoms with E-state index < -0.39 is 11.8 Å². The van der Waals surface area contributed by atoms with Crippen LogP contribution in [0.3, 0.4) is 0 Å². The van der Waals surface area contributed by atoms with E-state index in [1.165, 1.54) is 16.8 Å². The molecule has 1 aromatic heterocycles. The largest absolute Gasteiger partial charge is 0.476 e. The van der Waals surface area contributed by atoms with Crippen molar-refractivity contribution >= 4 is 5.97 Å². The van der Waals surface area contributed by atoms with Crippen molar-refractivity contribution in [2.24, 2.45) is 0 Å². The van der Waals surface area contributed by atoms with Gasteiger partial charge in [0.2, 0.25) is 0 Å². The highest BCUT2D eigenvalue weighted by atomic mass is 19.1. The third-order valence-corrected chi connectivity index (χ3v) is 3.59. The number of hydrogen-bond donors (Lipinski definition) is 1. The van der Waals surface area contributed by atoms with Crippen molar-refractivity contribution in [2.45, 2.75) is 13.3 Å². The molecule has 0 saturated heterocycles. The van der Waals surface area contributed by atoms with Gasteiger partial charge in [0.25, 0.3) is 0 Å². The average molecular weight is 311 g/mol. The molecule has 1 N–H and O–H groups in total. The minimum Gasteiger partial charge on any atom is -0.476 e. The standard InChI is InChI=1S/C17H14FN3O2/c1-2-11-7-9-12(10-8-11)21-16(15(17(22)23)19-20-21)13-5-3-4-6-14(13)18/h3-10H,2H2,1H3,(H,22,23).